The first kappa shape index (κ1) is 16.6. The molecular weight excluding hydrogens is 274 g/mol. The van der Waals surface area contributed by atoms with Gasteiger partial charge in [0, 0.05) is 25.9 Å². The van der Waals surface area contributed by atoms with Crippen LogP contribution < -0.4 is 5.73 Å². The van der Waals surface area contributed by atoms with Gasteiger partial charge in [0.25, 0.3) is 5.92 Å². The molecule has 0 aromatic carbocycles. The molecule has 2 fully saturated rings. The zero-order valence-electron chi connectivity index (χ0n) is 11.1. The molecule has 1 saturated carbocycles. The Morgan fingerprint density at radius 1 is 1.16 bits per heavy atom. The van der Waals surface area contributed by atoms with Gasteiger partial charge >= 0.3 is 0 Å². The van der Waals surface area contributed by atoms with Gasteiger partial charge in [-0.2, -0.15) is 0 Å². The number of piperidine rings is 1. The predicted molar refractivity (Wildman–Crippen MR) is 72.6 cm³/mol. The maximum atomic E-state index is 13.0. The van der Waals surface area contributed by atoms with Gasteiger partial charge in [-0.3, -0.25) is 4.79 Å². The Balaban J connectivity index is 0.00000180. The minimum Gasteiger partial charge on any atom is -0.341 e. The Labute approximate surface area is 119 Å². The van der Waals surface area contributed by atoms with E-state index in [4.69, 9.17) is 5.73 Å². The number of nitrogens with two attached hydrogens (primary N) is 1. The third-order valence-corrected chi connectivity index (χ3v) is 4.25. The fraction of sp³-hybridized carbons (Fsp3) is 0.923. The van der Waals surface area contributed by atoms with Crippen molar-refractivity contribution in [2.45, 2.75) is 56.9 Å². The lowest BCUT2D eigenvalue weighted by Gasteiger charge is -2.35. The second-order valence-electron chi connectivity index (χ2n) is 5.61. The first-order valence-electron chi connectivity index (χ1n) is 6.92. The first-order chi connectivity index (χ1) is 8.49. The third-order valence-electron chi connectivity index (χ3n) is 4.25. The minimum absolute atomic E-state index is 0. The van der Waals surface area contributed by atoms with Crippen LogP contribution in [0.25, 0.3) is 0 Å². The molecule has 19 heavy (non-hydrogen) atoms. The van der Waals surface area contributed by atoms with E-state index in [0.29, 0.717) is 0 Å². The molecule has 2 aliphatic rings. The monoisotopic (exact) mass is 296 g/mol. The van der Waals surface area contributed by atoms with E-state index in [1.165, 1.54) is 11.3 Å². The number of carbonyl (C=O) groups is 1. The van der Waals surface area contributed by atoms with Crippen molar-refractivity contribution in [3.63, 3.8) is 0 Å². The highest BCUT2D eigenvalue weighted by Crippen LogP contribution is 2.30. The van der Waals surface area contributed by atoms with Crippen molar-refractivity contribution >= 4 is 18.3 Å². The molecule has 1 amide bonds. The number of halogens is 3. The molecule has 0 aromatic heterocycles. The van der Waals surface area contributed by atoms with Gasteiger partial charge in [-0.1, -0.05) is 19.3 Å². The van der Waals surface area contributed by atoms with Crippen LogP contribution in [0.5, 0.6) is 0 Å². The zero-order chi connectivity index (χ0) is 13.2. The van der Waals surface area contributed by atoms with Gasteiger partial charge in [0.05, 0.1) is 6.04 Å². The van der Waals surface area contributed by atoms with Crippen molar-refractivity contribution in [3.05, 3.63) is 0 Å². The molecule has 1 heterocycles. The fourth-order valence-corrected chi connectivity index (χ4v) is 2.96. The van der Waals surface area contributed by atoms with Crippen LogP contribution in [0, 0.1) is 5.92 Å². The maximum Gasteiger partial charge on any atom is 0.251 e. The summed E-state index contributed by atoms with van der Waals surface area (Å²) in [6.07, 6.45) is 5.01. The largest absolute Gasteiger partial charge is 0.341 e. The molecular formula is C13H23ClF2N2O. The number of rotatable bonds is 2. The van der Waals surface area contributed by atoms with Crippen LogP contribution in [-0.4, -0.2) is 35.9 Å². The molecule has 3 nitrogen and oxygen atoms in total. The van der Waals surface area contributed by atoms with E-state index in [-0.39, 0.29) is 50.2 Å². The summed E-state index contributed by atoms with van der Waals surface area (Å²) < 4.78 is 26.1. The Morgan fingerprint density at radius 3 is 2.21 bits per heavy atom. The van der Waals surface area contributed by atoms with E-state index in [2.05, 4.69) is 0 Å². The summed E-state index contributed by atoms with van der Waals surface area (Å²) in [6.45, 7) is 0.290. The first-order valence-corrected chi connectivity index (χ1v) is 6.92. The van der Waals surface area contributed by atoms with Crippen molar-refractivity contribution in [1.82, 2.24) is 4.90 Å². The number of carbonyl (C=O) groups excluding carboxylic acids is 1. The second kappa shape index (κ2) is 6.84. The van der Waals surface area contributed by atoms with Crippen LogP contribution in [-0.2, 0) is 4.79 Å². The van der Waals surface area contributed by atoms with E-state index in [0.717, 1.165) is 25.7 Å². The lowest BCUT2D eigenvalue weighted by atomic mass is 9.83. The Bertz CT molecular complexity index is 299. The molecule has 6 heteroatoms. The SMILES string of the molecule is Cl.NC(C(=O)N1CCC(F)(F)CC1)C1CCCCC1. The van der Waals surface area contributed by atoms with Gasteiger partial charge < -0.3 is 10.6 Å². The molecule has 2 rings (SSSR count). The van der Waals surface area contributed by atoms with Crippen LogP contribution in [0.4, 0.5) is 8.78 Å². The molecule has 2 N–H and O–H groups in total. The normalized spacial score (nSPS) is 25.5. The number of nitrogens with zero attached hydrogens (tertiary/aromatic N) is 1. The number of amides is 1. The Hall–Kier alpha value is -0.420. The van der Waals surface area contributed by atoms with E-state index in [9.17, 15) is 13.6 Å². The molecule has 0 spiro atoms. The van der Waals surface area contributed by atoms with Crippen molar-refractivity contribution in [1.29, 1.82) is 0 Å². The Kier molecular flexibility index (Phi) is 5.99. The Morgan fingerprint density at radius 2 is 1.68 bits per heavy atom. The average Bonchev–Trinajstić information content (AvgIpc) is 2.38. The summed E-state index contributed by atoms with van der Waals surface area (Å²) in [5.74, 6) is -2.49. The molecule has 1 aliphatic heterocycles. The van der Waals surface area contributed by atoms with Gasteiger partial charge in [-0.15, -0.1) is 12.4 Å². The van der Waals surface area contributed by atoms with Gasteiger partial charge in [0.15, 0.2) is 0 Å². The van der Waals surface area contributed by atoms with Crippen molar-refractivity contribution in [2.24, 2.45) is 11.7 Å². The summed E-state index contributed by atoms with van der Waals surface area (Å²) in [7, 11) is 0. The average molecular weight is 297 g/mol. The van der Waals surface area contributed by atoms with Crippen molar-refractivity contribution in [3.8, 4) is 0 Å². The fourth-order valence-electron chi connectivity index (χ4n) is 2.96. The second-order valence-corrected chi connectivity index (χ2v) is 5.61. The van der Waals surface area contributed by atoms with Gasteiger partial charge in [0.2, 0.25) is 5.91 Å². The molecule has 1 saturated heterocycles. The van der Waals surface area contributed by atoms with Crippen LogP contribution in [0.15, 0.2) is 0 Å². The molecule has 1 atom stereocenters. The van der Waals surface area contributed by atoms with Gasteiger partial charge in [-0.05, 0) is 18.8 Å². The summed E-state index contributed by atoms with van der Waals surface area (Å²) >= 11 is 0. The van der Waals surface area contributed by atoms with Crippen LogP contribution in [0.1, 0.15) is 44.9 Å². The van der Waals surface area contributed by atoms with Crippen molar-refractivity contribution in [2.75, 3.05) is 13.1 Å². The lowest BCUT2D eigenvalue weighted by molar-refractivity contribution is -0.140. The van der Waals surface area contributed by atoms with Gasteiger partial charge in [0.1, 0.15) is 0 Å². The smallest absolute Gasteiger partial charge is 0.251 e. The predicted octanol–water partition coefficient (Wildman–Crippen LogP) is 2.57. The topological polar surface area (TPSA) is 46.3 Å². The quantitative estimate of drug-likeness (QED) is 0.851. The highest BCUT2D eigenvalue weighted by Gasteiger charge is 2.38. The number of alkyl halides is 2. The van der Waals surface area contributed by atoms with E-state index < -0.39 is 12.0 Å². The standard InChI is InChI=1S/C13H22F2N2O.ClH/c14-13(15)6-8-17(9-7-13)12(18)11(16)10-4-2-1-3-5-10;/h10-11H,1-9,16H2;1H. The van der Waals surface area contributed by atoms with E-state index in [1.54, 1.807) is 0 Å². The number of likely N-dealkylation sites (tertiary alicyclic amines) is 1. The molecule has 0 bridgehead atoms. The molecule has 1 unspecified atom stereocenters. The molecule has 1 aliphatic carbocycles. The third kappa shape index (κ3) is 4.28. The van der Waals surface area contributed by atoms with E-state index in [1.807, 2.05) is 0 Å². The lowest BCUT2D eigenvalue weighted by Crippen LogP contribution is -2.52. The highest BCUT2D eigenvalue weighted by molar-refractivity contribution is 5.85. The minimum atomic E-state index is -2.61. The highest BCUT2D eigenvalue weighted by atomic mass is 35.5. The number of hydrogen-bond donors (Lipinski definition) is 1. The summed E-state index contributed by atoms with van der Waals surface area (Å²) in [5.41, 5.74) is 6.01. The summed E-state index contributed by atoms with van der Waals surface area (Å²) in [6, 6.07) is -0.489. The number of hydrogen-bond acceptors (Lipinski definition) is 2. The molecule has 0 aromatic rings. The van der Waals surface area contributed by atoms with Crippen LogP contribution >= 0.6 is 12.4 Å². The van der Waals surface area contributed by atoms with Gasteiger partial charge in [-0.25, -0.2) is 8.78 Å². The van der Waals surface area contributed by atoms with Crippen LogP contribution in [0.3, 0.4) is 0 Å². The zero-order valence-corrected chi connectivity index (χ0v) is 11.9. The molecule has 112 valence electrons. The summed E-state index contributed by atoms with van der Waals surface area (Å²) in [4.78, 5) is 13.7. The summed E-state index contributed by atoms with van der Waals surface area (Å²) in [5, 5.41) is 0. The maximum absolute atomic E-state index is 13.0. The van der Waals surface area contributed by atoms with Crippen molar-refractivity contribution < 1.29 is 13.6 Å². The van der Waals surface area contributed by atoms with E-state index >= 15 is 0 Å². The van der Waals surface area contributed by atoms with Crippen LogP contribution in [0.2, 0.25) is 0 Å². The molecule has 0 radical (unpaired) electrons.